The van der Waals surface area contributed by atoms with Crippen molar-refractivity contribution in [2.45, 2.75) is 0 Å². The quantitative estimate of drug-likeness (QED) is 0.152. The SMILES string of the molecule is c1ccc2cc(-c3cccc4c(-c5c6cccc(-c7cccc8c7c7cccc9c%10ccccc%10n8c97)c6cc6c(-c7cccc8c7c7cccc9c%10ccccc%10n8c97)cccc56)c5cccc(-c6ccc7ccccc7c6)c5cc34)ccc2c1. The molecule has 0 radical (unpaired) electrons. The minimum Gasteiger partial charge on any atom is -0.308 e. The Hall–Kier alpha value is -11.3. The summed E-state index contributed by atoms with van der Waals surface area (Å²) in [6.45, 7) is 0. The summed E-state index contributed by atoms with van der Waals surface area (Å²) in [6.07, 6.45) is 0. The van der Waals surface area contributed by atoms with Crippen LogP contribution >= 0.6 is 0 Å². The van der Waals surface area contributed by atoms with Crippen molar-refractivity contribution in [1.82, 2.24) is 8.80 Å². The van der Waals surface area contributed by atoms with Crippen LogP contribution in [0.5, 0.6) is 0 Å². The highest BCUT2D eigenvalue weighted by atomic mass is 14.9. The van der Waals surface area contributed by atoms with E-state index < -0.39 is 0 Å². The fourth-order valence-corrected chi connectivity index (χ4v) is 16.0. The number of nitrogens with zero attached hydrogens (tertiary/aromatic N) is 2. The van der Waals surface area contributed by atoms with E-state index in [0.717, 1.165) is 0 Å². The van der Waals surface area contributed by atoms with E-state index in [4.69, 9.17) is 0 Å². The third-order valence-corrected chi connectivity index (χ3v) is 19.5. The molecule has 4 aromatic heterocycles. The molecular weight excluding hydrogens is 1040 g/mol. The molecule has 2 nitrogen and oxygen atoms in total. The zero-order chi connectivity index (χ0) is 55.9. The first kappa shape index (κ1) is 46.2. The van der Waals surface area contributed by atoms with Crippen LogP contribution in [0.25, 0.3) is 196 Å². The number of fused-ring (bicyclic) bond motifs is 18. The van der Waals surface area contributed by atoms with Gasteiger partial charge in [0.1, 0.15) is 0 Å². The summed E-state index contributed by atoms with van der Waals surface area (Å²) >= 11 is 0. The summed E-state index contributed by atoms with van der Waals surface area (Å²) < 4.78 is 5.03. The van der Waals surface area contributed by atoms with E-state index in [1.165, 1.54) is 196 Å². The molecule has 0 aliphatic rings. The number of benzene rings is 16. The van der Waals surface area contributed by atoms with Crippen molar-refractivity contribution in [2.24, 2.45) is 0 Å². The van der Waals surface area contributed by atoms with Crippen molar-refractivity contribution >= 4 is 141 Å². The summed E-state index contributed by atoms with van der Waals surface area (Å²) in [6, 6.07) is 110. The predicted octanol–water partition coefficient (Wildman–Crippen LogP) is 23.2. The lowest BCUT2D eigenvalue weighted by Gasteiger charge is -2.22. The molecule has 4 heterocycles. The van der Waals surface area contributed by atoms with Crippen LogP contribution in [0.15, 0.2) is 291 Å². The average molecular weight is 1090 g/mol. The van der Waals surface area contributed by atoms with Crippen LogP contribution in [0.1, 0.15) is 0 Å². The fraction of sp³-hybridized carbons (Fsp3) is 0. The molecule has 394 valence electrons. The lowest BCUT2D eigenvalue weighted by molar-refractivity contribution is 1.37. The maximum Gasteiger partial charge on any atom is 0.0620 e. The Morgan fingerprint density at radius 1 is 0.174 bits per heavy atom. The van der Waals surface area contributed by atoms with Gasteiger partial charge in [-0.15, -0.1) is 0 Å². The Bertz CT molecular complexity index is 5950. The van der Waals surface area contributed by atoms with E-state index in [0.29, 0.717) is 0 Å². The highest BCUT2D eigenvalue weighted by molar-refractivity contribution is 6.32. The molecule has 0 aliphatic carbocycles. The third kappa shape index (κ3) is 6.14. The number of hydrogen-bond acceptors (Lipinski definition) is 0. The molecule has 0 atom stereocenters. The van der Waals surface area contributed by atoms with Gasteiger partial charge in [0.2, 0.25) is 0 Å². The Morgan fingerprint density at radius 3 is 0.942 bits per heavy atom. The number of hydrogen-bond donors (Lipinski definition) is 0. The van der Waals surface area contributed by atoms with E-state index in [1.54, 1.807) is 0 Å². The van der Waals surface area contributed by atoms with Gasteiger partial charge in [0.15, 0.2) is 0 Å². The molecular formula is C84H48N2. The van der Waals surface area contributed by atoms with Gasteiger partial charge < -0.3 is 8.80 Å². The van der Waals surface area contributed by atoms with Crippen molar-refractivity contribution in [3.63, 3.8) is 0 Å². The minimum atomic E-state index is 1.20. The lowest BCUT2D eigenvalue weighted by Crippen LogP contribution is -1.95. The number of para-hydroxylation sites is 4. The second-order valence-corrected chi connectivity index (χ2v) is 23.7. The van der Waals surface area contributed by atoms with Crippen molar-refractivity contribution in [2.75, 3.05) is 0 Å². The van der Waals surface area contributed by atoms with Crippen LogP contribution in [0.4, 0.5) is 0 Å². The molecule has 0 saturated carbocycles. The Balaban J connectivity index is 0.959. The van der Waals surface area contributed by atoms with Gasteiger partial charge in [-0.25, -0.2) is 0 Å². The molecule has 0 bridgehead atoms. The summed E-state index contributed by atoms with van der Waals surface area (Å²) in [7, 11) is 0. The molecule has 20 rings (SSSR count). The van der Waals surface area contributed by atoms with Gasteiger partial charge in [0, 0.05) is 43.1 Å². The minimum absolute atomic E-state index is 1.20. The van der Waals surface area contributed by atoms with Gasteiger partial charge in [-0.2, -0.15) is 0 Å². The second-order valence-electron chi connectivity index (χ2n) is 23.7. The molecule has 2 heteroatoms. The largest absolute Gasteiger partial charge is 0.308 e. The Kier molecular flexibility index (Phi) is 9.21. The van der Waals surface area contributed by atoms with E-state index >= 15 is 0 Å². The highest BCUT2D eigenvalue weighted by Gasteiger charge is 2.26. The third-order valence-electron chi connectivity index (χ3n) is 19.5. The maximum absolute atomic E-state index is 2.56. The molecule has 0 spiro atoms. The van der Waals surface area contributed by atoms with E-state index in [-0.39, 0.29) is 0 Å². The normalized spacial score (nSPS) is 12.4. The van der Waals surface area contributed by atoms with Gasteiger partial charge >= 0.3 is 0 Å². The smallest absolute Gasteiger partial charge is 0.0620 e. The second kappa shape index (κ2) is 17.1. The van der Waals surface area contributed by atoms with E-state index in [9.17, 15) is 0 Å². The predicted molar refractivity (Wildman–Crippen MR) is 368 cm³/mol. The first-order valence-corrected chi connectivity index (χ1v) is 30.0. The summed E-state index contributed by atoms with van der Waals surface area (Å²) in [5, 5.41) is 25.0. The molecule has 0 amide bonds. The van der Waals surface area contributed by atoms with Crippen LogP contribution in [0.2, 0.25) is 0 Å². The maximum atomic E-state index is 2.56. The van der Waals surface area contributed by atoms with Gasteiger partial charge in [0.05, 0.1) is 33.1 Å². The number of aromatic nitrogens is 2. The Morgan fingerprint density at radius 2 is 0.488 bits per heavy atom. The van der Waals surface area contributed by atoms with Crippen molar-refractivity contribution in [3.05, 3.63) is 291 Å². The van der Waals surface area contributed by atoms with Crippen molar-refractivity contribution in [3.8, 4) is 55.6 Å². The fourth-order valence-electron chi connectivity index (χ4n) is 16.0. The topological polar surface area (TPSA) is 8.82 Å². The standard InChI is InChI=1S/C84H48N2/c1-3-19-51-45-53(43-41-49(51)17-1)55-23-9-27-63-71(55)47-72-56(54-44-42-50-18-2-4-20-52(50)46-54)24-10-28-64(72)81(63)82-65-29-11-25-57(61-31-15-39-77-79(61)69-35-13-33-67-59-21-5-7-37-75(59)85(77)83(67)69)73(65)48-74-58(26-12-30-66(74)82)62-32-16-40-78-80(62)70-36-14-34-68-60-22-6-8-38-76(60)86(78)84(68)70/h1-48H. The molecule has 0 aliphatic heterocycles. The molecule has 20 aromatic rings. The molecule has 0 N–H and O–H groups in total. The van der Waals surface area contributed by atoms with E-state index in [2.05, 4.69) is 300 Å². The van der Waals surface area contributed by atoms with Crippen LogP contribution in [-0.4, -0.2) is 8.80 Å². The van der Waals surface area contributed by atoms with Gasteiger partial charge in [0.25, 0.3) is 0 Å². The van der Waals surface area contributed by atoms with Crippen molar-refractivity contribution < 1.29 is 0 Å². The van der Waals surface area contributed by atoms with Gasteiger partial charge in [-0.05, 0) is 169 Å². The van der Waals surface area contributed by atoms with Crippen LogP contribution in [0, 0.1) is 0 Å². The Labute approximate surface area is 493 Å². The van der Waals surface area contributed by atoms with E-state index in [1.807, 2.05) is 0 Å². The molecule has 16 aromatic carbocycles. The monoisotopic (exact) mass is 1080 g/mol. The van der Waals surface area contributed by atoms with Gasteiger partial charge in [-0.1, -0.05) is 243 Å². The molecule has 0 saturated heterocycles. The average Bonchev–Trinajstić information content (AvgIpc) is 2.02. The van der Waals surface area contributed by atoms with Crippen LogP contribution in [0.3, 0.4) is 0 Å². The zero-order valence-electron chi connectivity index (χ0n) is 46.6. The lowest BCUT2D eigenvalue weighted by atomic mass is 9.81. The zero-order valence-corrected chi connectivity index (χ0v) is 46.6. The van der Waals surface area contributed by atoms with Crippen LogP contribution < -0.4 is 0 Å². The summed E-state index contributed by atoms with van der Waals surface area (Å²) in [5.74, 6) is 0. The highest BCUT2D eigenvalue weighted by Crippen LogP contribution is 2.53. The van der Waals surface area contributed by atoms with Crippen molar-refractivity contribution in [1.29, 1.82) is 0 Å². The first-order chi connectivity index (χ1) is 42.7. The summed E-state index contributed by atoms with van der Waals surface area (Å²) in [4.78, 5) is 0. The van der Waals surface area contributed by atoms with Gasteiger partial charge in [-0.3, -0.25) is 0 Å². The molecule has 0 fully saturated rings. The van der Waals surface area contributed by atoms with Crippen LogP contribution in [-0.2, 0) is 0 Å². The summed E-state index contributed by atoms with van der Waals surface area (Å²) in [5.41, 5.74) is 19.7. The first-order valence-electron chi connectivity index (χ1n) is 30.0. The molecule has 86 heavy (non-hydrogen) atoms. The molecule has 0 unspecified atom stereocenters. The number of rotatable bonds is 5.